The van der Waals surface area contributed by atoms with Crippen molar-refractivity contribution in [3.63, 3.8) is 0 Å². The van der Waals surface area contributed by atoms with E-state index in [4.69, 9.17) is 4.74 Å². The highest BCUT2D eigenvalue weighted by Gasteiger charge is 2.24. The van der Waals surface area contributed by atoms with Gasteiger partial charge in [-0.2, -0.15) is 0 Å². The van der Waals surface area contributed by atoms with Gasteiger partial charge in [-0.1, -0.05) is 60.7 Å². The molecule has 3 aromatic carbocycles. The minimum atomic E-state index is -0.563. The minimum Gasteiger partial charge on any atom is -0.490 e. The average molecular weight is 471 g/mol. The Kier molecular flexibility index (Phi) is 7.16. The van der Waals surface area contributed by atoms with Crippen LogP contribution in [-0.2, 0) is 4.79 Å². The summed E-state index contributed by atoms with van der Waals surface area (Å²) in [5, 5.41) is 13.3. The number of nitrogens with zero attached hydrogens (tertiary/aromatic N) is 2. The molecular weight excluding hydrogens is 436 g/mol. The Morgan fingerprint density at radius 3 is 2.51 bits per heavy atom. The quantitative estimate of drug-likeness (QED) is 0.509. The van der Waals surface area contributed by atoms with Crippen LogP contribution in [0.4, 0.5) is 0 Å². The number of likely N-dealkylation sites (N-methyl/N-ethyl adjacent to an activating group) is 1. The van der Waals surface area contributed by atoms with Gasteiger partial charge in [0.1, 0.15) is 18.5 Å². The number of aliphatic hydroxyl groups excluding tert-OH is 1. The van der Waals surface area contributed by atoms with Crippen LogP contribution in [-0.4, -0.2) is 66.8 Å². The number of piperidine rings is 1. The van der Waals surface area contributed by atoms with E-state index in [0.717, 1.165) is 50.0 Å². The first-order chi connectivity index (χ1) is 17.1. The highest BCUT2D eigenvalue weighted by atomic mass is 16.5. The SMILES string of the molecule is CN1CCC(=Cc2ccccc2OC[C@H](O)CN2CCC(c3ccc4ccccc4c3)CC2)C1=O. The fourth-order valence-corrected chi connectivity index (χ4v) is 5.24. The molecule has 0 spiro atoms. The highest BCUT2D eigenvalue weighted by Crippen LogP contribution is 2.30. The van der Waals surface area contributed by atoms with E-state index in [9.17, 15) is 9.90 Å². The predicted octanol–water partition coefficient (Wildman–Crippen LogP) is 4.70. The maximum absolute atomic E-state index is 12.3. The smallest absolute Gasteiger partial charge is 0.249 e. The summed E-state index contributed by atoms with van der Waals surface area (Å²) < 4.78 is 6.00. The number of aliphatic hydroxyl groups is 1. The van der Waals surface area contributed by atoms with Crippen molar-refractivity contribution in [2.75, 3.05) is 39.8 Å². The van der Waals surface area contributed by atoms with E-state index in [1.54, 1.807) is 4.90 Å². The summed E-state index contributed by atoms with van der Waals surface area (Å²) in [7, 11) is 1.83. The van der Waals surface area contributed by atoms with Crippen LogP contribution in [0.2, 0.25) is 0 Å². The van der Waals surface area contributed by atoms with Crippen LogP contribution in [0, 0.1) is 0 Å². The van der Waals surface area contributed by atoms with Crippen molar-refractivity contribution < 1.29 is 14.6 Å². The van der Waals surface area contributed by atoms with Gasteiger partial charge >= 0.3 is 0 Å². The summed E-state index contributed by atoms with van der Waals surface area (Å²) in [5.41, 5.74) is 3.11. The first-order valence-electron chi connectivity index (χ1n) is 12.6. The second kappa shape index (κ2) is 10.6. The van der Waals surface area contributed by atoms with Crippen molar-refractivity contribution in [2.45, 2.75) is 31.3 Å². The maximum atomic E-state index is 12.3. The van der Waals surface area contributed by atoms with Crippen LogP contribution in [0.25, 0.3) is 16.8 Å². The number of hydrogen-bond donors (Lipinski definition) is 1. The van der Waals surface area contributed by atoms with Crippen LogP contribution in [0.15, 0.2) is 72.3 Å². The Morgan fingerprint density at radius 1 is 1.00 bits per heavy atom. The number of carbonyl (C=O) groups excluding carboxylic acids is 1. The Hall–Kier alpha value is -3.15. The van der Waals surface area contributed by atoms with Crippen molar-refractivity contribution in [1.29, 1.82) is 0 Å². The standard InChI is InChI=1S/C30H34N2O3/c1-31-15-12-27(30(31)34)19-26-8-4-5-9-29(26)35-21-28(33)20-32-16-13-23(14-17-32)25-11-10-22-6-2-3-7-24(22)18-25/h2-11,18-19,23,28,33H,12-17,20-21H2,1H3/t28-/m1/s1. The van der Waals surface area contributed by atoms with E-state index in [2.05, 4.69) is 47.4 Å². The first kappa shape index (κ1) is 23.6. The Bertz CT molecular complexity index is 1210. The fraction of sp³-hybridized carbons (Fsp3) is 0.367. The van der Waals surface area contributed by atoms with Crippen LogP contribution in [0.5, 0.6) is 5.75 Å². The molecule has 0 saturated carbocycles. The van der Waals surface area contributed by atoms with Crippen LogP contribution >= 0.6 is 0 Å². The van der Waals surface area contributed by atoms with Gasteiger partial charge in [0.2, 0.25) is 5.91 Å². The lowest BCUT2D eigenvalue weighted by atomic mass is 9.88. The molecule has 0 radical (unpaired) electrons. The number of β-amino-alcohol motifs (C(OH)–C–C–N with tert-alkyl or cyclic N) is 1. The Morgan fingerprint density at radius 2 is 1.74 bits per heavy atom. The Balaban J connectivity index is 1.13. The number of para-hydroxylation sites is 1. The summed E-state index contributed by atoms with van der Waals surface area (Å²) in [6.07, 6.45) is 4.31. The lowest BCUT2D eigenvalue weighted by Gasteiger charge is -2.33. The van der Waals surface area contributed by atoms with Crippen LogP contribution in [0.3, 0.4) is 0 Å². The van der Waals surface area contributed by atoms with Crippen molar-refractivity contribution >= 4 is 22.8 Å². The van der Waals surface area contributed by atoms with Gasteiger partial charge < -0.3 is 19.6 Å². The molecule has 182 valence electrons. The molecule has 0 unspecified atom stereocenters. The zero-order valence-electron chi connectivity index (χ0n) is 20.4. The molecule has 5 rings (SSSR count). The highest BCUT2D eigenvalue weighted by molar-refractivity contribution is 6.00. The molecule has 0 aliphatic carbocycles. The minimum absolute atomic E-state index is 0.0759. The number of rotatable bonds is 7. The van der Waals surface area contributed by atoms with Gasteiger partial charge in [0.15, 0.2) is 0 Å². The normalized spacial score (nSPS) is 19.5. The molecule has 2 aliphatic rings. The molecule has 1 amide bonds. The van der Waals surface area contributed by atoms with E-state index in [1.165, 1.54) is 16.3 Å². The summed E-state index contributed by atoms with van der Waals surface area (Å²) in [6, 6.07) is 23.1. The maximum Gasteiger partial charge on any atom is 0.249 e. The molecule has 0 bridgehead atoms. The largest absolute Gasteiger partial charge is 0.490 e. The molecule has 2 aliphatic heterocycles. The number of carbonyl (C=O) groups is 1. The van der Waals surface area contributed by atoms with Gasteiger partial charge in [0, 0.05) is 31.3 Å². The van der Waals surface area contributed by atoms with Gasteiger partial charge in [0.25, 0.3) is 0 Å². The molecule has 1 N–H and O–H groups in total. The molecule has 3 aromatic rings. The number of amides is 1. The van der Waals surface area contributed by atoms with Crippen molar-refractivity contribution in [3.8, 4) is 5.75 Å². The third-order valence-electron chi connectivity index (χ3n) is 7.32. The van der Waals surface area contributed by atoms with Gasteiger partial charge in [-0.05, 0) is 66.7 Å². The molecule has 2 heterocycles. The van der Waals surface area contributed by atoms with E-state index < -0.39 is 6.10 Å². The summed E-state index contributed by atoms with van der Waals surface area (Å²) in [4.78, 5) is 16.3. The summed E-state index contributed by atoms with van der Waals surface area (Å²) in [6.45, 7) is 3.55. The molecule has 5 heteroatoms. The molecule has 0 aromatic heterocycles. The summed E-state index contributed by atoms with van der Waals surface area (Å²) in [5.74, 6) is 1.35. The lowest BCUT2D eigenvalue weighted by molar-refractivity contribution is -0.123. The number of hydrogen-bond acceptors (Lipinski definition) is 4. The van der Waals surface area contributed by atoms with Crippen LogP contribution in [0.1, 0.15) is 36.3 Å². The molecule has 2 fully saturated rings. The lowest BCUT2D eigenvalue weighted by Crippen LogP contribution is -2.40. The third-order valence-corrected chi connectivity index (χ3v) is 7.32. The topological polar surface area (TPSA) is 53.0 Å². The van der Waals surface area contributed by atoms with Crippen LogP contribution < -0.4 is 4.74 Å². The monoisotopic (exact) mass is 470 g/mol. The average Bonchev–Trinajstić information content (AvgIpc) is 3.20. The van der Waals surface area contributed by atoms with E-state index in [-0.39, 0.29) is 12.5 Å². The van der Waals surface area contributed by atoms with Gasteiger partial charge in [-0.25, -0.2) is 0 Å². The number of benzene rings is 3. The van der Waals surface area contributed by atoms with Gasteiger partial charge in [-0.15, -0.1) is 0 Å². The number of likely N-dealkylation sites (tertiary alicyclic amines) is 2. The molecule has 5 nitrogen and oxygen atoms in total. The van der Waals surface area contributed by atoms with E-state index in [0.29, 0.717) is 18.2 Å². The first-order valence-corrected chi connectivity index (χ1v) is 12.6. The zero-order chi connectivity index (χ0) is 24.2. The van der Waals surface area contributed by atoms with E-state index >= 15 is 0 Å². The second-order valence-electron chi connectivity index (χ2n) is 9.83. The molecule has 2 saturated heterocycles. The molecule has 35 heavy (non-hydrogen) atoms. The van der Waals surface area contributed by atoms with Crippen molar-refractivity contribution in [1.82, 2.24) is 9.80 Å². The van der Waals surface area contributed by atoms with E-state index in [1.807, 2.05) is 37.4 Å². The molecule has 1 atom stereocenters. The fourth-order valence-electron chi connectivity index (χ4n) is 5.24. The van der Waals surface area contributed by atoms with Gasteiger partial charge in [0.05, 0.1) is 0 Å². The summed E-state index contributed by atoms with van der Waals surface area (Å²) >= 11 is 0. The second-order valence-corrected chi connectivity index (χ2v) is 9.83. The number of fused-ring (bicyclic) bond motifs is 1. The van der Waals surface area contributed by atoms with Crippen molar-refractivity contribution in [2.24, 2.45) is 0 Å². The molecular formula is C30H34N2O3. The van der Waals surface area contributed by atoms with Gasteiger partial charge in [-0.3, -0.25) is 4.79 Å². The zero-order valence-corrected chi connectivity index (χ0v) is 20.4. The Labute approximate surface area is 207 Å². The third kappa shape index (κ3) is 5.58. The van der Waals surface area contributed by atoms with Crippen molar-refractivity contribution in [3.05, 3.63) is 83.4 Å². The predicted molar refractivity (Wildman–Crippen MR) is 141 cm³/mol. The number of ether oxygens (including phenoxy) is 1.